The van der Waals surface area contributed by atoms with Gasteiger partial charge in [-0.1, -0.05) is 17.7 Å². The zero-order valence-electron chi connectivity index (χ0n) is 9.57. The maximum Gasteiger partial charge on any atom is 0.271 e. The molecule has 4 nitrogen and oxygen atoms in total. The third kappa shape index (κ3) is 2.53. The number of nitrogens with one attached hydrogen (secondary N) is 1. The molecular weight excluding hydrogens is 238 g/mol. The van der Waals surface area contributed by atoms with E-state index < -0.39 is 0 Å². The van der Waals surface area contributed by atoms with Crippen LogP contribution in [0.5, 0.6) is 0 Å². The minimum Gasteiger partial charge on any atom is -0.348 e. The lowest BCUT2D eigenvalue weighted by atomic mass is 10.3. The summed E-state index contributed by atoms with van der Waals surface area (Å²) < 4.78 is 0. The van der Waals surface area contributed by atoms with Gasteiger partial charge in [0, 0.05) is 6.04 Å². The highest BCUT2D eigenvalue weighted by Gasteiger charge is 2.10. The largest absolute Gasteiger partial charge is 0.348 e. The van der Waals surface area contributed by atoms with Crippen LogP contribution in [-0.2, 0) is 0 Å². The lowest BCUT2D eigenvalue weighted by molar-refractivity contribution is 0.0938. The molecule has 88 valence electrons. The molecule has 0 saturated carbocycles. The zero-order valence-corrected chi connectivity index (χ0v) is 10.3. The molecule has 0 bridgehead atoms. The fourth-order valence-electron chi connectivity index (χ4n) is 1.45. The van der Waals surface area contributed by atoms with E-state index in [9.17, 15) is 4.79 Å². The van der Waals surface area contributed by atoms with Gasteiger partial charge in [0.1, 0.15) is 11.2 Å². The molecule has 1 heterocycles. The number of carbonyl (C=O) groups excluding carboxylic acids is 1. The first-order valence-electron chi connectivity index (χ1n) is 5.30. The van der Waals surface area contributed by atoms with Crippen LogP contribution >= 0.6 is 11.6 Å². The van der Waals surface area contributed by atoms with Gasteiger partial charge in [0.05, 0.1) is 16.7 Å². The van der Waals surface area contributed by atoms with E-state index in [1.807, 2.05) is 13.8 Å². The van der Waals surface area contributed by atoms with Crippen LogP contribution < -0.4 is 5.32 Å². The van der Waals surface area contributed by atoms with Crippen molar-refractivity contribution < 1.29 is 4.79 Å². The third-order valence-corrected chi connectivity index (χ3v) is 2.48. The van der Waals surface area contributed by atoms with E-state index in [2.05, 4.69) is 15.3 Å². The first-order chi connectivity index (χ1) is 8.08. The van der Waals surface area contributed by atoms with E-state index in [0.29, 0.717) is 21.7 Å². The van der Waals surface area contributed by atoms with Gasteiger partial charge in [0.15, 0.2) is 0 Å². The van der Waals surface area contributed by atoms with Gasteiger partial charge in [0.25, 0.3) is 5.91 Å². The molecule has 1 aromatic carbocycles. The first-order valence-corrected chi connectivity index (χ1v) is 5.68. The number of aromatic nitrogens is 2. The fourth-order valence-corrected chi connectivity index (χ4v) is 1.67. The van der Waals surface area contributed by atoms with Gasteiger partial charge in [-0.15, -0.1) is 0 Å². The number of carbonyl (C=O) groups is 1. The Morgan fingerprint density at radius 2 is 2.18 bits per heavy atom. The molecule has 0 unspecified atom stereocenters. The summed E-state index contributed by atoms with van der Waals surface area (Å²) in [6.45, 7) is 3.78. The van der Waals surface area contributed by atoms with E-state index >= 15 is 0 Å². The number of hydrogen-bond acceptors (Lipinski definition) is 3. The standard InChI is InChI=1S/C12H12ClN3O/c1-7(2)15-12(17)10-6-14-11-8(13)4-3-5-9(11)16-10/h3-7H,1-2H3,(H,15,17). The lowest BCUT2D eigenvalue weighted by Gasteiger charge is -2.07. The third-order valence-electron chi connectivity index (χ3n) is 2.17. The highest BCUT2D eigenvalue weighted by atomic mass is 35.5. The summed E-state index contributed by atoms with van der Waals surface area (Å²) in [4.78, 5) is 20.1. The number of hydrogen-bond donors (Lipinski definition) is 1. The molecule has 2 aromatic rings. The second-order valence-corrected chi connectivity index (χ2v) is 4.40. The summed E-state index contributed by atoms with van der Waals surface area (Å²) in [6, 6.07) is 5.37. The van der Waals surface area contributed by atoms with Gasteiger partial charge in [-0.05, 0) is 26.0 Å². The molecule has 0 saturated heterocycles. The van der Waals surface area contributed by atoms with Gasteiger partial charge in [-0.3, -0.25) is 9.78 Å². The van der Waals surface area contributed by atoms with Crippen LogP contribution in [0.25, 0.3) is 11.0 Å². The molecule has 0 radical (unpaired) electrons. The monoisotopic (exact) mass is 249 g/mol. The van der Waals surface area contributed by atoms with Gasteiger partial charge in [-0.25, -0.2) is 4.98 Å². The minimum atomic E-state index is -0.227. The van der Waals surface area contributed by atoms with Crippen LogP contribution in [0.3, 0.4) is 0 Å². The van der Waals surface area contributed by atoms with E-state index in [1.165, 1.54) is 6.20 Å². The molecule has 2 rings (SSSR count). The van der Waals surface area contributed by atoms with Crippen LogP contribution in [0.4, 0.5) is 0 Å². The van der Waals surface area contributed by atoms with Gasteiger partial charge < -0.3 is 5.32 Å². The predicted octanol–water partition coefficient (Wildman–Crippen LogP) is 2.42. The smallest absolute Gasteiger partial charge is 0.271 e. The van der Waals surface area contributed by atoms with E-state index in [1.54, 1.807) is 18.2 Å². The van der Waals surface area contributed by atoms with Crippen LogP contribution in [0.1, 0.15) is 24.3 Å². The number of para-hydroxylation sites is 1. The summed E-state index contributed by atoms with van der Waals surface area (Å²) in [5, 5.41) is 3.30. The van der Waals surface area contributed by atoms with E-state index in [-0.39, 0.29) is 11.9 Å². The van der Waals surface area contributed by atoms with Gasteiger partial charge >= 0.3 is 0 Å². The Balaban J connectivity index is 2.42. The Labute approximate surface area is 104 Å². The molecule has 0 fully saturated rings. The van der Waals surface area contributed by atoms with Crippen molar-refractivity contribution in [2.24, 2.45) is 0 Å². The Bertz CT molecular complexity index is 569. The predicted molar refractivity (Wildman–Crippen MR) is 67.2 cm³/mol. The second kappa shape index (κ2) is 4.67. The Morgan fingerprint density at radius 1 is 1.41 bits per heavy atom. The number of rotatable bonds is 2. The van der Waals surface area contributed by atoms with Crippen molar-refractivity contribution in [1.82, 2.24) is 15.3 Å². The molecule has 1 N–H and O–H groups in total. The Morgan fingerprint density at radius 3 is 2.88 bits per heavy atom. The van der Waals surface area contributed by atoms with Crippen molar-refractivity contribution in [1.29, 1.82) is 0 Å². The SMILES string of the molecule is CC(C)NC(=O)c1cnc2c(Cl)cccc2n1. The van der Waals surface area contributed by atoms with Crippen LogP contribution in [0.15, 0.2) is 24.4 Å². The van der Waals surface area contributed by atoms with Crippen molar-refractivity contribution in [3.63, 3.8) is 0 Å². The summed E-state index contributed by atoms with van der Waals surface area (Å²) in [5.74, 6) is -0.227. The molecule has 5 heteroatoms. The van der Waals surface area contributed by atoms with Crippen molar-refractivity contribution in [2.75, 3.05) is 0 Å². The molecule has 0 aliphatic carbocycles. The van der Waals surface area contributed by atoms with Gasteiger partial charge in [-0.2, -0.15) is 0 Å². The van der Waals surface area contributed by atoms with Crippen LogP contribution in [0, 0.1) is 0 Å². The zero-order chi connectivity index (χ0) is 12.4. The highest BCUT2D eigenvalue weighted by molar-refractivity contribution is 6.34. The summed E-state index contributed by atoms with van der Waals surface area (Å²) in [5.41, 5.74) is 1.53. The molecule has 0 spiro atoms. The molecule has 0 aliphatic heterocycles. The highest BCUT2D eigenvalue weighted by Crippen LogP contribution is 2.19. The number of halogens is 1. The number of benzene rings is 1. The number of amides is 1. The average Bonchev–Trinajstić information content (AvgIpc) is 2.28. The molecule has 17 heavy (non-hydrogen) atoms. The van der Waals surface area contributed by atoms with Crippen molar-refractivity contribution in [3.8, 4) is 0 Å². The molecule has 1 aromatic heterocycles. The normalized spacial score (nSPS) is 10.8. The van der Waals surface area contributed by atoms with Crippen LogP contribution in [0.2, 0.25) is 5.02 Å². The first kappa shape index (κ1) is 11.8. The molecular formula is C12H12ClN3O. The van der Waals surface area contributed by atoms with Crippen molar-refractivity contribution in [3.05, 3.63) is 35.1 Å². The van der Waals surface area contributed by atoms with E-state index in [0.717, 1.165) is 0 Å². The minimum absolute atomic E-state index is 0.0689. The summed E-state index contributed by atoms with van der Waals surface area (Å²) in [7, 11) is 0. The molecule has 1 amide bonds. The molecule has 0 atom stereocenters. The maximum absolute atomic E-state index is 11.7. The summed E-state index contributed by atoms with van der Waals surface area (Å²) >= 11 is 5.97. The quantitative estimate of drug-likeness (QED) is 0.889. The summed E-state index contributed by atoms with van der Waals surface area (Å²) in [6.07, 6.45) is 1.44. The fraction of sp³-hybridized carbons (Fsp3) is 0.250. The molecule has 0 aliphatic rings. The Kier molecular flexibility index (Phi) is 3.24. The van der Waals surface area contributed by atoms with Crippen LogP contribution in [-0.4, -0.2) is 21.9 Å². The number of nitrogens with zero attached hydrogens (tertiary/aromatic N) is 2. The van der Waals surface area contributed by atoms with E-state index in [4.69, 9.17) is 11.6 Å². The average molecular weight is 250 g/mol. The van der Waals surface area contributed by atoms with Crippen molar-refractivity contribution >= 4 is 28.5 Å². The lowest BCUT2D eigenvalue weighted by Crippen LogP contribution is -2.30. The second-order valence-electron chi connectivity index (χ2n) is 3.99. The van der Waals surface area contributed by atoms with Crippen molar-refractivity contribution in [2.45, 2.75) is 19.9 Å². The maximum atomic E-state index is 11.7. The topological polar surface area (TPSA) is 54.9 Å². The number of fused-ring (bicyclic) bond motifs is 1. The Hall–Kier alpha value is -1.68. The van der Waals surface area contributed by atoms with Gasteiger partial charge in [0.2, 0.25) is 0 Å².